The smallest absolute Gasteiger partial charge is 0.368 e. The van der Waals surface area contributed by atoms with Crippen LogP contribution in [0, 0.1) is 11.3 Å². The Balaban J connectivity index is 3.13. The number of amides is 1. The molecule has 0 spiro atoms. The monoisotopic (exact) mass is 218 g/mol. The lowest BCUT2D eigenvalue weighted by molar-refractivity contribution is -0.141. The number of nitriles is 1. The molecule has 0 aliphatic heterocycles. The molecule has 15 heavy (non-hydrogen) atoms. The van der Waals surface area contributed by atoms with E-state index in [2.05, 4.69) is 5.10 Å². The van der Waals surface area contributed by atoms with Crippen LogP contribution in [0.5, 0.6) is 0 Å². The van der Waals surface area contributed by atoms with Crippen LogP contribution >= 0.6 is 0 Å². The van der Waals surface area contributed by atoms with Gasteiger partial charge in [0.25, 0.3) is 0 Å². The minimum atomic E-state index is -4.71. The first-order chi connectivity index (χ1) is 6.84. The van der Waals surface area contributed by atoms with Crippen molar-refractivity contribution in [2.45, 2.75) is 12.7 Å². The predicted molar refractivity (Wildman–Crippen MR) is 41.1 cm³/mol. The summed E-state index contributed by atoms with van der Waals surface area (Å²) in [5.74, 6) is -0.837. The van der Waals surface area contributed by atoms with Crippen molar-refractivity contribution in [2.75, 3.05) is 0 Å². The van der Waals surface area contributed by atoms with Crippen molar-refractivity contribution in [3.8, 4) is 6.07 Å². The van der Waals surface area contributed by atoms with Gasteiger partial charge in [0.1, 0.15) is 18.2 Å². The van der Waals surface area contributed by atoms with Gasteiger partial charge in [0.15, 0.2) is 5.69 Å². The molecule has 0 aliphatic carbocycles. The van der Waals surface area contributed by atoms with Gasteiger partial charge in [-0.15, -0.1) is 0 Å². The molecule has 0 radical (unpaired) electrons. The fraction of sp³-hybridized carbons (Fsp3) is 0.286. The molecule has 1 aromatic heterocycles. The van der Waals surface area contributed by atoms with Gasteiger partial charge in [-0.3, -0.25) is 9.48 Å². The van der Waals surface area contributed by atoms with Crippen LogP contribution in [0.15, 0.2) is 6.20 Å². The molecule has 0 fully saturated rings. The van der Waals surface area contributed by atoms with Gasteiger partial charge in [0, 0.05) is 6.20 Å². The zero-order chi connectivity index (χ0) is 11.6. The van der Waals surface area contributed by atoms with Crippen LogP contribution < -0.4 is 5.73 Å². The number of hydrogen-bond donors (Lipinski definition) is 1. The molecule has 0 saturated carbocycles. The summed E-state index contributed by atoms with van der Waals surface area (Å²) in [6.45, 7) is -0.495. The van der Waals surface area contributed by atoms with E-state index in [1.807, 2.05) is 0 Å². The van der Waals surface area contributed by atoms with Crippen LogP contribution in [0.25, 0.3) is 0 Å². The Labute approximate surface area is 81.9 Å². The molecule has 0 unspecified atom stereocenters. The number of halogens is 3. The van der Waals surface area contributed by atoms with Gasteiger partial charge in [-0.05, 0) is 0 Å². The van der Waals surface area contributed by atoms with Crippen molar-refractivity contribution in [3.05, 3.63) is 17.5 Å². The first kappa shape index (κ1) is 11.0. The lowest BCUT2D eigenvalue weighted by Gasteiger charge is -2.01. The van der Waals surface area contributed by atoms with Gasteiger partial charge in [-0.25, -0.2) is 0 Å². The molecule has 1 heterocycles. The highest BCUT2D eigenvalue weighted by atomic mass is 19.4. The maximum atomic E-state index is 12.2. The van der Waals surface area contributed by atoms with Crippen molar-refractivity contribution >= 4 is 5.91 Å². The molecule has 0 saturated heterocycles. The lowest BCUT2D eigenvalue weighted by atomic mass is 10.3. The third kappa shape index (κ3) is 2.46. The van der Waals surface area contributed by atoms with Gasteiger partial charge in [0.05, 0.1) is 0 Å². The number of alkyl halides is 3. The second kappa shape index (κ2) is 3.61. The normalized spacial score (nSPS) is 11.1. The maximum absolute atomic E-state index is 12.2. The molecule has 0 atom stereocenters. The van der Waals surface area contributed by atoms with Crippen LogP contribution in [0.4, 0.5) is 13.2 Å². The Morgan fingerprint density at radius 1 is 1.67 bits per heavy atom. The molecule has 0 aromatic carbocycles. The standard InChI is InChI=1S/C7H5F3N4O/c8-7(9,10)6-4(1-11)2-14(13-6)3-5(12)15/h2H,3H2,(H2,12,15). The molecular weight excluding hydrogens is 213 g/mol. The molecule has 0 aliphatic rings. The Morgan fingerprint density at radius 3 is 2.60 bits per heavy atom. The quantitative estimate of drug-likeness (QED) is 0.772. The van der Waals surface area contributed by atoms with Gasteiger partial charge >= 0.3 is 6.18 Å². The molecule has 0 bridgehead atoms. The number of rotatable bonds is 2. The number of nitrogens with two attached hydrogens (primary N) is 1. The SMILES string of the molecule is N#Cc1cn(CC(N)=O)nc1C(F)(F)F. The summed E-state index contributed by atoms with van der Waals surface area (Å²) in [6.07, 6.45) is -3.89. The van der Waals surface area contributed by atoms with Crippen molar-refractivity contribution in [1.82, 2.24) is 9.78 Å². The van der Waals surface area contributed by atoms with E-state index < -0.39 is 29.9 Å². The van der Waals surface area contributed by atoms with Crippen molar-refractivity contribution in [1.29, 1.82) is 5.26 Å². The first-order valence-corrected chi connectivity index (χ1v) is 3.67. The maximum Gasteiger partial charge on any atom is 0.436 e. The average molecular weight is 218 g/mol. The Bertz CT molecular complexity index is 428. The highest BCUT2D eigenvalue weighted by Crippen LogP contribution is 2.30. The number of nitrogens with zero attached hydrogens (tertiary/aromatic N) is 3. The number of carbonyl (C=O) groups is 1. The molecule has 1 amide bonds. The largest absolute Gasteiger partial charge is 0.436 e. The van der Waals surface area contributed by atoms with E-state index in [1.54, 1.807) is 0 Å². The highest BCUT2D eigenvalue weighted by Gasteiger charge is 2.37. The van der Waals surface area contributed by atoms with Gasteiger partial charge in [-0.2, -0.15) is 23.5 Å². The number of aromatic nitrogens is 2. The summed E-state index contributed by atoms with van der Waals surface area (Å²) in [7, 11) is 0. The van der Waals surface area contributed by atoms with Crippen molar-refractivity contribution in [3.63, 3.8) is 0 Å². The van der Waals surface area contributed by atoms with Crippen LogP contribution in [0.1, 0.15) is 11.3 Å². The number of primary amides is 1. The minimum absolute atomic E-state index is 0.495. The van der Waals surface area contributed by atoms with Gasteiger partial charge < -0.3 is 5.73 Å². The van der Waals surface area contributed by atoms with Crippen LogP contribution in [0.2, 0.25) is 0 Å². The van der Waals surface area contributed by atoms with E-state index in [4.69, 9.17) is 11.0 Å². The zero-order valence-electron chi connectivity index (χ0n) is 7.25. The number of hydrogen-bond acceptors (Lipinski definition) is 3. The summed E-state index contributed by atoms with van der Waals surface area (Å²) in [6, 6.07) is 1.34. The third-order valence-corrected chi connectivity index (χ3v) is 1.47. The second-order valence-corrected chi connectivity index (χ2v) is 2.66. The average Bonchev–Trinajstić information content (AvgIpc) is 2.45. The van der Waals surface area contributed by atoms with Crippen molar-refractivity contribution in [2.24, 2.45) is 5.73 Å². The van der Waals surface area contributed by atoms with E-state index in [0.717, 1.165) is 6.20 Å². The molecule has 5 nitrogen and oxygen atoms in total. The fourth-order valence-electron chi connectivity index (χ4n) is 0.953. The summed E-state index contributed by atoms with van der Waals surface area (Å²) in [5, 5.41) is 11.5. The third-order valence-electron chi connectivity index (χ3n) is 1.47. The predicted octanol–water partition coefficient (Wildman–Crippen LogP) is 0.259. The van der Waals surface area contributed by atoms with Gasteiger partial charge in [-0.1, -0.05) is 0 Å². The van der Waals surface area contributed by atoms with E-state index in [9.17, 15) is 18.0 Å². The van der Waals surface area contributed by atoms with E-state index >= 15 is 0 Å². The molecule has 8 heteroatoms. The van der Waals surface area contributed by atoms with Crippen LogP contribution in [-0.4, -0.2) is 15.7 Å². The molecule has 2 N–H and O–H groups in total. The first-order valence-electron chi connectivity index (χ1n) is 3.67. The fourth-order valence-corrected chi connectivity index (χ4v) is 0.953. The van der Waals surface area contributed by atoms with E-state index in [1.165, 1.54) is 6.07 Å². The zero-order valence-corrected chi connectivity index (χ0v) is 7.25. The Morgan fingerprint density at radius 2 is 2.27 bits per heavy atom. The molecule has 1 rings (SSSR count). The van der Waals surface area contributed by atoms with E-state index in [-0.39, 0.29) is 0 Å². The second-order valence-electron chi connectivity index (χ2n) is 2.66. The van der Waals surface area contributed by atoms with Crippen LogP contribution in [0.3, 0.4) is 0 Å². The number of carbonyl (C=O) groups excluding carboxylic acids is 1. The minimum Gasteiger partial charge on any atom is -0.368 e. The Kier molecular flexibility index (Phi) is 2.65. The molecule has 1 aromatic rings. The molecular formula is C7H5F3N4O. The summed E-state index contributed by atoms with van der Waals surface area (Å²) < 4.78 is 37.4. The van der Waals surface area contributed by atoms with Crippen LogP contribution in [-0.2, 0) is 17.5 Å². The Hall–Kier alpha value is -2.04. The summed E-state index contributed by atoms with van der Waals surface area (Å²) in [4.78, 5) is 10.4. The van der Waals surface area contributed by atoms with Crippen molar-refractivity contribution < 1.29 is 18.0 Å². The topological polar surface area (TPSA) is 84.7 Å². The summed E-state index contributed by atoms with van der Waals surface area (Å²) >= 11 is 0. The summed E-state index contributed by atoms with van der Waals surface area (Å²) in [5.41, 5.74) is 2.82. The van der Waals surface area contributed by atoms with E-state index in [0.29, 0.717) is 4.68 Å². The highest BCUT2D eigenvalue weighted by molar-refractivity contribution is 5.73. The van der Waals surface area contributed by atoms with Gasteiger partial charge in [0.2, 0.25) is 5.91 Å². The molecule has 80 valence electrons. The lowest BCUT2D eigenvalue weighted by Crippen LogP contribution is -2.19.